The van der Waals surface area contributed by atoms with Gasteiger partial charge in [-0.25, -0.2) is 0 Å². The summed E-state index contributed by atoms with van der Waals surface area (Å²) in [5.74, 6) is 0. The Balaban J connectivity index is 1.74. The van der Waals surface area contributed by atoms with E-state index in [1.165, 1.54) is 19.3 Å². The number of ether oxygens (including phenoxy) is 1. The van der Waals surface area contributed by atoms with E-state index in [0.717, 1.165) is 36.5 Å². The van der Waals surface area contributed by atoms with Gasteiger partial charge in [0.2, 0.25) is 0 Å². The second-order valence-corrected chi connectivity index (χ2v) is 5.53. The van der Waals surface area contributed by atoms with Gasteiger partial charge in [0.15, 0.2) is 0 Å². The fourth-order valence-electron chi connectivity index (χ4n) is 2.48. The Bertz CT molecular complexity index is 363. The molecule has 1 heterocycles. The molecule has 1 aromatic carbocycles. The second kappa shape index (κ2) is 7.13. The SMILES string of the molecule is NC(CCC1CCCCO1)Cc1ccccc1Cl. The summed E-state index contributed by atoms with van der Waals surface area (Å²) in [5.41, 5.74) is 7.33. The van der Waals surface area contributed by atoms with Gasteiger partial charge in [-0.2, -0.15) is 0 Å². The predicted octanol–water partition coefficient (Wildman–Crippen LogP) is 3.56. The van der Waals surface area contributed by atoms with Crippen molar-refractivity contribution in [1.82, 2.24) is 0 Å². The number of rotatable bonds is 5. The average molecular weight is 268 g/mol. The van der Waals surface area contributed by atoms with E-state index in [0.29, 0.717) is 6.10 Å². The molecule has 2 rings (SSSR count). The van der Waals surface area contributed by atoms with Crippen LogP contribution in [0.25, 0.3) is 0 Å². The van der Waals surface area contributed by atoms with Crippen LogP contribution in [0.15, 0.2) is 24.3 Å². The maximum absolute atomic E-state index is 6.18. The zero-order valence-electron chi connectivity index (χ0n) is 10.8. The Morgan fingerprint density at radius 1 is 1.33 bits per heavy atom. The lowest BCUT2D eigenvalue weighted by atomic mass is 9.98. The van der Waals surface area contributed by atoms with Crippen LogP contribution in [-0.4, -0.2) is 18.8 Å². The van der Waals surface area contributed by atoms with E-state index in [-0.39, 0.29) is 6.04 Å². The summed E-state index contributed by atoms with van der Waals surface area (Å²) in [5, 5.41) is 0.821. The molecule has 0 radical (unpaired) electrons. The molecule has 1 aromatic rings. The third-order valence-electron chi connectivity index (χ3n) is 3.57. The Hall–Kier alpha value is -0.570. The summed E-state index contributed by atoms with van der Waals surface area (Å²) in [7, 11) is 0. The molecule has 2 N–H and O–H groups in total. The largest absolute Gasteiger partial charge is 0.378 e. The molecule has 3 heteroatoms. The maximum Gasteiger partial charge on any atom is 0.0575 e. The van der Waals surface area contributed by atoms with Gasteiger partial charge in [-0.1, -0.05) is 29.8 Å². The molecule has 18 heavy (non-hydrogen) atoms. The molecule has 1 saturated heterocycles. The Morgan fingerprint density at radius 3 is 2.89 bits per heavy atom. The first-order valence-electron chi connectivity index (χ1n) is 6.86. The van der Waals surface area contributed by atoms with Crippen LogP contribution in [0, 0.1) is 0 Å². The van der Waals surface area contributed by atoms with E-state index in [1.807, 2.05) is 18.2 Å². The maximum atomic E-state index is 6.18. The topological polar surface area (TPSA) is 35.2 Å². The van der Waals surface area contributed by atoms with Gasteiger partial charge in [-0.3, -0.25) is 0 Å². The molecule has 0 bridgehead atoms. The highest BCUT2D eigenvalue weighted by Gasteiger charge is 2.15. The fraction of sp³-hybridized carbons (Fsp3) is 0.600. The summed E-state index contributed by atoms with van der Waals surface area (Å²) >= 11 is 6.14. The van der Waals surface area contributed by atoms with Gasteiger partial charge in [-0.15, -0.1) is 0 Å². The molecule has 2 nitrogen and oxygen atoms in total. The molecule has 100 valence electrons. The van der Waals surface area contributed by atoms with E-state index in [4.69, 9.17) is 22.1 Å². The van der Waals surface area contributed by atoms with Gasteiger partial charge in [0.25, 0.3) is 0 Å². The molecular weight excluding hydrogens is 246 g/mol. The van der Waals surface area contributed by atoms with Crippen molar-refractivity contribution in [2.24, 2.45) is 5.73 Å². The number of benzene rings is 1. The van der Waals surface area contributed by atoms with Crippen LogP contribution >= 0.6 is 11.6 Å². The highest BCUT2D eigenvalue weighted by molar-refractivity contribution is 6.31. The minimum Gasteiger partial charge on any atom is -0.378 e. The molecule has 0 aromatic heterocycles. The standard InChI is InChI=1S/C15H22ClNO/c16-15-7-2-1-5-12(15)11-13(17)8-9-14-6-3-4-10-18-14/h1-2,5,7,13-14H,3-4,6,8-11,17H2. The molecule has 2 atom stereocenters. The lowest BCUT2D eigenvalue weighted by Gasteiger charge is -2.23. The number of hydrogen-bond donors (Lipinski definition) is 1. The highest BCUT2D eigenvalue weighted by Crippen LogP contribution is 2.20. The van der Waals surface area contributed by atoms with E-state index < -0.39 is 0 Å². The molecule has 1 aliphatic heterocycles. The molecule has 1 fully saturated rings. The molecule has 0 aliphatic carbocycles. The van der Waals surface area contributed by atoms with Crippen molar-refractivity contribution in [2.45, 2.75) is 50.7 Å². The molecular formula is C15H22ClNO. The molecule has 0 amide bonds. The van der Waals surface area contributed by atoms with Gasteiger partial charge in [0, 0.05) is 17.7 Å². The van der Waals surface area contributed by atoms with Crippen LogP contribution < -0.4 is 5.73 Å². The lowest BCUT2D eigenvalue weighted by Crippen LogP contribution is -2.27. The van der Waals surface area contributed by atoms with Crippen molar-refractivity contribution >= 4 is 11.6 Å². The normalized spacial score (nSPS) is 21.8. The zero-order chi connectivity index (χ0) is 12.8. The van der Waals surface area contributed by atoms with Gasteiger partial charge in [-0.05, 0) is 50.2 Å². The molecule has 0 spiro atoms. The third kappa shape index (κ3) is 4.27. The Kier molecular flexibility index (Phi) is 5.48. The predicted molar refractivity (Wildman–Crippen MR) is 76.0 cm³/mol. The molecule has 0 saturated carbocycles. The first-order chi connectivity index (χ1) is 8.75. The number of nitrogens with two attached hydrogens (primary N) is 1. The van der Waals surface area contributed by atoms with Crippen LogP contribution in [0.1, 0.15) is 37.7 Å². The molecule has 1 aliphatic rings. The minimum absolute atomic E-state index is 0.176. The van der Waals surface area contributed by atoms with E-state index in [9.17, 15) is 0 Å². The van der Waals surface area contributed by atoms with Crippen LogP contribution in [-0.2, 0) is 11.2 Å². The molecule has 2 unspecified atom stereocenters. The Labute approximate surface area is 114 Å². The lowest BCUT2D eigenvalue weighted by molar-refractivity contribution is 0.00916. The monoisotopic (exact) mass is 267 g/mol. The first-order valence-corrected chi connectivity index (χ1v) is 7.24. The fourth-order valence-corrected chi connectivity index (χ4v) is 2.70. The average Bonchev–Trinajstić information content (AvgIpc) is 2.40. The van der Waals surface area contributed by atoms with Crippen molar-refractivity contribution in [1.29, 1.82) is 0 Å². The van der Waals surface area contributed by atoms with E-state index in [2.05, 4.69) is 6.07 Å². The second-order valence-electron chi connectivity index (χ2n) is 5.12. The third-order valence-corrected chi connectivity index (χ3v) is 3.94. The summed E-state index contributed by atoms with van der Waals surface area (Å²) in [4.78, 5) is 0. The summed E-state index contributed by atoms with van der Waals surface area (Å²) in [6.45, 7) is 0.921. The van der Waals surface area contributed by atoms with Gasteiger partial charge < -0.3 is 10.5 Å². The minimum atomic E-state index is 0.176. The van der Waals surface area contributed by atoms with Crippen molar-refractivity contribution in [3.05, 3.63) is 34.9 Å². The van der Waals surface area contributed by atoms with Crippen molar-refractivity contribution in [2.75, 3.05) is 6.61 Å². The van der Waals surface area contributed by atoms with E-state index in [1.54, 1.807) is 0 Å². The van der Waals surface area contributed by atoms with Gasteiger partial charge in [0.1, 0.15) is 0 Å². The summed E-state index contributed by atoms with van der Waals surface area (Å²) < 4.78 is 5.72. The zero-order valence-corrected chi connectivity index (χ0v) is 11.5. The van der Waals surface area contributed by atoms with Crippen molar-refractivity contribution in [3.8, 4) is 0 Å². The Morgan fingerprint density at radius 2 is 2.17 bits per heavy atom. The highest BCUT2D eigenvalue weighted by atomic mass is 35.5. The quantitative estimate of drug-likeness (QED) is 0.885. The van der Waals surface area contributed by atoms with E-state index >= 15 is 0 Å². The van der Waals surface area contributed by atoms with Crippen LogP contribution in [0.3, 0.4) is 0 Å². The number of halogens is 1. The smallest absolute Gasteiger partial charge is 0.0575 e. The van der Waals surface area contributed by atoms with Crippen molar-refractivity contribution in [3.63, 3.8) is 0 Å². The summed E-state index contributed by atoms with van der Waals surface area (Å²) in [6.07, 6.45) is 7.07. The van der Waals surface area contributed by atoms with Gasteiger partial charge >= 0.3 is 0 Å². The van der Waals surface area contributed by atoms with Gasteiger partial charge in [0.05, 0.1) is 6.10 Å². The number of hydrogen-bond acceptors (Lipinski definition) is 2. The van der Waals surface area contributed by atoms with Crippen LogP contribution in [0.5, 0.6) is 0 Å². The summed E-state index contributed by atoms with van der Waals surface area (Å²) in [6, 6.07) is 8.12. The van der Waals surface area contributed by atoms with Crippen LogP contribution in [0.4, 0.5) is 0 Å². The van der Waals surface area contributed by atoms with Crippen molar-refractivity contribution < 1.29 is 4.74 Å². The van der Waals surface area contributed by atoms with Crippen LogP contribution in [0.2, 0.25) is 5.02 Å². The first kappa shape index (κ1) is 13.9.